The van der Waals surface area contributed by atoms with Gasteiger partial charge < -0.3 is 4.90 Å². The summed E-state index contributed by atoms with van der Waals surface area (Å²) < 4.78 is 0. The summed E-state index contributed by atoms with van der Waals surface area (Å²) in [5.41, 5.74) is 0.913. The first-order chi connectivity index (χ1) is 11.1. The zero-order valence-corrected chi connectivity index (χ0v) is 13.3. The van der Waals surface area contributed by atoms with Crippen LogP contribution < -0.4 is 0 Å². The van der Waals surface area contributed by atoms with E-state index in [2.05, 4.69) is 4.98 Å². The van der Waals surface area contributed by atoms with E-state index in [9.17, 15) is 14.4 Å². The number of fused-ring (bicyclic) bond motifs is 1. The van der Waals surface area contributed by atoms with Gasteiger partial charge in [-0.15, -0.1) is 0 Å². The average molecular weight is 315 g/mol. The summed E-state index contributed by atoms with van der Waals surface area (Å²) >= 11 is 0. The fraction of sp³-hybridized carbons (Fsp3) is 0.529. The second-order valence-corrected chi connectivity index (χ2v) is 6.37. The van der Waals surface area contributed by atoms with E-state index in [1.807, 2.05) is 12.1 Å². The van der Waals surface area contributed by atoms with Crippen LogP contribution in [0.1, 0.15) is 31.2 Å². The van der Waals surface area contributed by atoms with Crippen molar-refractivity contribution < 1.29 is 14.4 Å². The van der Waals surface area contributed by atoms with E-state index in [1.54, 1.807) is 19.4 Å². The molecule has 1 aromatic rings. The van der Waals surface area contributed by atoms with Gasteiger partial charge in [0.25, 0.3) is 0 Å². The number of likely N-dealkylation sites (N-methyl/N-ethyl adjacent to an activating group) is 1. The van der Waals surface area contributed by atoms with Crippen molar-refractivity contribution in [3.8, 4) is 0 Å². The maximum atomic E-state index is 12.4. The molecule has 2 aliphatic rings. The van der Waals surface area contributed by atoms with Gasteiger partial charge in [0.1, 0.15) is 6.54 Å². The standard InChI is InChI=1S/C17H21N3O3/c1-19(10-12-5-4-8-18-9-12)15(21)11-20-16(22)13-6-2-3-7-14(13)17(20)23/h4-5,8-9,13-14H,2-3,6-7,10-11H2,1H3. The first-order valence-corrected chi connectivity index (χ1v) is 8.06. The van der Waals surface area contributed by atoms with Gasteiger partial charge in [-0.2, -0.15) is 0 Å². The smallest absolute Gasteiger partial charge is 0.242 e. The monoisotopic (exact) mass is 315 g/mol. The molecule has 2 heterocycles. The highest BCUT2D eigenvalue weighted by molar-refractivity contribution is 6.07. The van der Waals surface area contributed by atoms with E-state index in [4.69, 9.17) is 0 Å². The second-order valence-electron chi connectivity index (χ2n) is 6.37. The van der Waals surface area contributed by atoms with Crippen LogP contribution in [-0.4, -0.2) is 46.1 Å². The number of aromatic nitrogens is 1. The predicted molar refractivity (Wildman–Crippen MR) is 82.9 cm³/mol. The normalized spacial score (nSPS) is 23.8. The minimum Gasteiger partial charge on any atom is -0.340 e. The maximum absolute atomic E-state index is 12.4. The molecule has 2 fully saturated rings. The molecular formula is C17H21N3O3. The number of carbonyl (C=O) groups is 3. The van der Waals surface area contributed by atoms with Gasteiger partial charge in [0, 0.05) is 26.0 Å². The Labute approximate surface area is 135 Å². The van der Waals surface area contributed by atoms with Crippen LogP contribution in [-0.2, 0) is 20.9 Å². The zero-order chi connectivity index (χ0) is 16.4. The largest absolute Gasteiger partial charge is 0.340 e. The highest BCUT2D eigenvalue weighted by atomic mass is 16.2. The summed E-state index contributed by atoms with van der Waals surface area (Å²) in [4.78, 5) is 43.9. The third-order valence-electron chi connectivity index (χ3n) is 4.79. The van der Waals surface area contributed by atoms with Gasteiger partial charge in [0.15, 0.2) is 0 Å². The molecule has 6 heteroatoms. The summed E-state index contributed by atoms with van der Waals surface area (Å²) in [7, 11) is 1.67. The van der Waals surface area contributed by atoms with Gasteiger partial charge in [0.05, 0.1) is 11.8 Å². The number of hydrogen-bond acceptors (Lipinski definition) is 4. The number of rotatable bonds is 4. The van der Waals surface area contributed by atoms with Gasteiger partial charge in [-0.25, -0.2) is 0 Å². The molecule has 6 nitrogen and oxygen atoms in total. The van der Waals surface area contributed by atoms with Crippen LogP contribution in [0.15, 0.2) is 24.5 Å². The van der Waals surface area contributed by atoms with Crippen LogP contribution in [0.2, 0.25) is 0 Å². The van der Waals surface area contributed by atoms with Gasteiger partial charge in [-0.3, -0.25) is 24.3 Å². The lowest BCUT2D eigenvalue weighted by atomic mass is 9.81. The molecular weight excluding hydrogens is 294 g/mol. The van der Waals surface area contributed by atoms with Crippen molar-refractivity contribution in [2.45, 2.75) is 32.2 Å². The summed E-state index contributed by atoms with van der Waals surface area (Å²) in [5.74, 6) is -0.958. The second kappa shape index (κ2) is 6.48. The van der Waals surface area contributed by atoms with Crippen molar-refractivity contribution >= 4 is 17.7 Å². The number of pyridine rings is 1. The SMILES string of the molecule is CN(Cc1cccnc1)C(=O)CN1C(=O)C2CCCCC2C1=O. The fourth-order valence-electron chi connectivity index (χ4n) is 3.50. The Balaban J connectivity index is 1.63. The molecule has 0 bridgehead atoms. The van der Waals surface area contributed by atoms with Crippen molar-refractivity contribution in [1.82, 2.24) is 14.8 Å². The van der Waals surface area contributed by atoms with Crippen LogP contribution >= 0.6 is 0 Å². The van der Waals surface area contributed by atoms with Gasteiger partial charge in [-0.05, 0) is 24.5 Å². The van der Waals surface area contributed by atoms with Crippen molar-refractivity contribution in [1.29, 1.82) is 0 Å². The molecule has 0 radical (unpaired) electrons. The van der Waals surface area contributed by atoms with Crippen LogP contribution in [0, 0.1) is 11.8 Å². The summed E-state index contributed by atoms with van der Waals surface area (Å²) in [6, 6.07) is 3.70. The summed E-state index contributed by atoms with van der Waals surface area (Å²) in [6.45, 7) is 0.261. The molecule has 0 spiro atoms. The van der Waals surface area contributed by atoms with E-state index in [-0.39, 0.29) is 36.1 Å². The molecule has 1 aliphatic carbocycles. The third kappa shape index (κ3) is 3.11. The highest BCUT2D eigenvalue weighted by Gasteiger charge is 2.48. The molecule has 0 N–H and O–H groups in total. The Morgan fingerprint density at radius 1 is 1.26 bits per heavy atom. The molecule has 1 aromatic heterocycles. The zero-order valence-electron chi connectivity index (χ0n) is 13.3. The molecule has 2 unspecified atom stereocenters. The van der Waals surface area contributed by atoms with E-state index in [1.165, 1.54) is 9.80 Å². The van der Waals surface area contributed by atoms with Gasteiger partial charge in [-0.1, -0.05) is 18.9 Å². The Hall–Kier alpha value is -2.24. The lowest BCUT2D eigenvalue weighted by molar-refractivity contribution is -0.146. The number of imide groups is 1. The minimum absolute atomic E-state index is 0.151. The average Bonchev–Trinajstić information content (AvgIpc) is 2.81. The van der Waals surface area contributed by atoms with Crippen molar-refractivity contribution in [2.75, 3.05) is 13.6 Å². The van der Waals surface area contributed by atoms with Crippen molar-refractivity contribution in [3.63, 3.8) is 0 Å². The minimum atomic E-state index is -0.228. The Morgan fingerprint density at radius 2 is 1.91 bits per heavy atom. The Kier molecular flexibility index (Phi) is 4.41. The van der Waals surface area contributed by atoms with Crippen molar-refractivity contribution in [2.24, 2.45) is 11.8 Å². The van der Waals surface area contributed by atoms with Crippen molar-refractivity contribution in [3.05, 3.63) is 30.1 Å². The summed E-state index contributed by atoms with van der Waals surface area (Å²) in [6.07, 6.45) is 6.89. The van der Waals surface area contributed by atoms with Crippen LogP contribution in [0.25, 0.3) is 0 Å². The van der Waals surface area contributed by atoms with Crippen LogP contribution in [0.3, 0.4) is 0 Å². The first kappa shape index (κ1) is 15.6. The number of likely N-dealkylation sites (tertiary alicyclic amines) is 1. The molecule has 0 aromatic carbocycles. The number of nitrogens with zero attached hydrogens (tertiary/aromatic N) is 3. The lowest BCUT2D eigenvalue weighted by Gasteiger charge is -2.21. The lowest BCUT2D eigenvalue weighted by Crippen LogP contribution is -2.41. The Bertz CT molecular complexity index is 593. The maximum Gasteiger partial charge on any atom is 0.242 e. The first-order valence-electron chi connectivity index (χ1n) is 8.06. The van der Waals surface area contributed by atoms with Crippen LogP contribution in [0.5, 0.6) is 0 Å². The quantitative estimate of drug-likeness (QED) is 0.783. The molecule has 2 atom stereocenters. The molecule has 23 heavy (non-hydrogen) atoms. The van der Waals surface area contributed by atoms with E-state index >= 15 is 0 Å². The molecule has 1 saturated carbocycles. The fourth-order valence-corrected chi connectivity index (χ4v) is 3.50. The third-order valence-corrected chi connectivity index (χ3v) is 4.79. The van der Waals surface area contributed by atoms with E-state index < -0.39 is 0 Å². The summed E-state index contributed by atoms with van der Waals surface area (Å²) in [5, 5.41) is 0. The molecule has 1 aliphatic heterocycles. The van der Waals surface area contributed by atoms with E-state index in [0.29, 0.717) is 6.54 Å². The number of carbonyl (C=O) groups excluding carboxylic acids is 3. The Morgan fingerprint density at radius 3 is 2.48 bits per heavy atom. The predicted octanol–water partition coefficient (Wildman–Crippen LogP) is 1.22. The highest BCUT2D eigenvalue weighted by Crippen LogP contribution is 2.37. The molecule has 122 valence electrons. The topological polar surface area (TPSA) is 70.6 Å². The van der Waals surface area contributed by atoms with Gasteiger partial charge >= 0.3 is 0 Å². The van der Waals surface area contributed by atoms with Gasteiger partial charge in [0.2, 0.25) is 17.7 Å². The van der Waals surface area contributed by atoms with Crippen LogP contribution in [0.4, 0.5) is 0 Å². The number of hydrogen-bond donors (Lipinski definition) is 0. The number of amides is 3. The molecule has 3 amide bonds. The molecule has 1 saturated heterocycles. The molecule has 3 rings (SSSR count). The van der Waals surface area contributed by atoms with E-state index in [0.717, 1.165) is 31.2 Å².